The van der Waals surface area contributed by atoms with Crippen LogP contribution in [0.3, 0.4) is 0 Å². The molecule has 0 fully saturated rings. The Morgan fingerprint density at radius 3 is 2.75 bits per heavy atom. The molecule has 1 heterocycles. The second-order valence-corrected chi connectivity index (χ2v) is 7.23. The summed E-state index contributed by atoms with van der Waals surface area (Å²) < 4.78 is 0. The van der Waals surface area contributed by atoms with Gasteiger partial charge in [-0.05, 0) is 43.8 Å². The molecule has 1 aromatic heterocycles. The van der Waals surface area contributed by atoms with Gasteiger partial charge in [0.15, 0.2) is 0 Å². The van der Waals surface area contributed by atoms with Crippen LogP contribution in [0, 0.1) is 0 Å². The summed E-state index contributed by atoms with van der Waals surface area (Å²) in [5.41, 5.74) is 0.888. The molecule has 0 saturated heterocycles. The van der Waals surface area contributed by atoms with Gasteiger partial charge in [0.1, 0.15) is 5.82 Å². The fourth-order valence-electron chi connectivity index (χ4n) is 2.92. The van der Waals surface area contributed by atoms with Crippen LogP contribution in [-0.4, -0.2) is 33.4 Å². The summed E-state index contributed by atoms with van der Waals surface area (Å²) in [6.45, 7) is 4.65. The van der Waals surface area contributed by atoms with E-state index in [1.54, 1.807) is 43.3 Å². The maximum atomic E-state index is 12.7. The quantitative estimate of drug-likeness (QED) is 0.631. The number of aromatic amines is 1. The molecule has 0 aliphatic rings. The number of nitrogens with one attached hydrogen (secondary N) is 2. The first-order valence-electron chi connectivity index (χ1n) is 8.87. The number of nitrogens with zero attached hydrogens (tertiary/aromatic N) is 2. The number of rotatable bonds is 6. The highest BCUT2D eigenvalue weighted by molar-refractivity contribution is 6.35. The van der Waals surface area contributed by atoms with E-state index in [0.29, 0.717) is 45.5 Å². The monoisotopic (exact) mass is 418 g/mol. The number of hydrogen-bond donors (Lipinski definition) is 2. The van der Waals surface area contributed by atoms with Gasteiger partial charge in [-0.25, -0.2) is 4.98 Å². The summed E-state index contributed by atoms with van der Waals surface area (Å²) in [6.07, 6.45) is 0. The van der Waals surface area contributed by atoms with Crippen LogP contribution < -0.4 is 10.9 Å². The first-order chi connectivity index (χ1) is 13.4. The van der Waals surface area contributed by atoms with E-state index in [1.165, 1.54) is 0 Å². The normalized spacial score (nSPS) is 12.3. The second-order valence-electron chi connectivity index (χ2n) is 6.38. The highest BCUT2D eigenvalue weighted by Crippen LogP contribution is 2.25. The van der Waals surface area contributed by atoms with Crippen molar-refractivity contribution in [3.63, 3.8) is 0 Å². The summed E-state index contributed by atoms with van der Waals surface area (Å²) in [7, 11) is 0. The minimum Gasteiger partial charge on any atom is -0.323 e. The Morgan fingerprint density at radius 1 is 1.25 bits per heavy atom. The van der Waals surface area contributed by atoms with Crippen molar-refractivity contribution in [1.82, 2.24) is 14.9 Å². The van der Waals surface area contributed by atoms with E-state index in [1.807, 2.05) is 17.9 Å². The minimum absolute atomic E-state index is 0.195. The van der Waals surface area contributed by atoms with E-state index in [-0.39, 0.29) is 11.5 Å². The summed E-state index contributed by atoms with van der Waals surface area (Å²) in [5, 5.41) is 4.24. The Labute approximate surface area is 172 Å². The van der Waals surface area contributed by atoms with Crippen molar-refractivity contribution in [2.75, 3.05) is 11.9 Å². The van der Waals surface area contributed by atoms with Crippen molar-refractivity contribution in [3.05, 3.63) is 68.7 Å². The van der Waals surface area contributed by atoms with Gasteiger partial charge in [0.05, 0.1) is 34.2 Å². The van der Waals surface area contributed by atoms with Gasteiger partial charge >= 0.3 is 0 Å². The van der Waals surface area contributed by atoms with Gasteiger partial charge < -0.3 is 10.3 Å². The molecule has 3 aromatic rings. The number of carbonyl (C=O) groups excluding carboxylic acids is 1. The van der Waals surface area contributed by atoms with Gasteiger partial charge in [0, 0.05) is 5.02 Å². The van der Waals surface area contributed by atoms with E-state index in [4.69, 9.17) is 23.2 Å². The zero-order chi connectivity index (χ0) is 20.3. The van der Waals surface area contributed by atoms with Crippen LogP contribution in [-0.2, 0) is 11.3 Å². The number of halogens is 2. The largest absolute Gasteiger partial charge is 0.323 e. The van der Waals surface area contributed by atoms with Crippen molar-refractivity contribution in [2.45, 2.75) is 26.4 Å². The first-order valence-corrected chi connectivity index (χ1v) is 9.62. The van der Waals surface area contributed by atoms with Crippen molar-refractivity contribution < 1.29 is 4.79 Å². The zero-order valence-corrected chi connectivity index (χ0v) is 17.0. The molecule has 146 valence electrons. The van der Waals surface area contributed by atoms with Gasteiger partial charge in [-0.3, -0.25) is 14.5 Å². The van der Waals surface area contributed by atoms with Gasteiger partial charge in [-0.2, -0.15) is 0 Å². The van der Waals surface area contributed by atoms with E-state index >= 15 is 0 Å². The van der Waals surface area contributed by atoms with Gasteiger partial charge in [-0.1, -0.05) is 42.3 Å². The molecule has 2 N–H and O–H groups in total. The highest BCUT2D eigenvalue weighted by atomic mass is 35.5. The number of para-hydroxylation sites is 1. The maximum absolute atomic E-state index is 12.7. The van der Waals surface area contributed by atoms with Crippen LogP contribution in [0.4, 0.5) is 5.69 Å². The first kappa shape index (κ1) is 20.3. The average molecular weight is 419 g/mol. The van der Waals surface area contributed by atoms with E-state index in [0.717, 1.165) is 0 Å². The molecular weight excluding hydrogens is 399 g/mol. The lowest BCUT2D eigenvalue weighted by Gasteiger charge is -2.26. The van der Waals surface area contributed by atoms with Crippen LogP contribution in [0.5, 0.6) is 0 Å². The number of hydrogen-bond acceptors (Lipinski definition) is 4. The Balaban J connectivity index is 1.78. The lowest BCUT2D eigenvalue weighted by molar-refractivity contribution is -0.120. The highest BCUT2D eigenvalue weighted by Gasteiger charge is 2.22. The summed E-state index contributed by atoms with van der Waals surface area (Å²) >= 11 is 12.1. The molecule has 0 aliphatic heterocycles. The Kier molecular flexibility index (Phi) is 6.34. The topological polar surface area (TPSA) is 78.1 Å². The standard InChI is InChI=1S/C20H20Cl2N4O2/c1-3-26(11-18-23-16-7-5-4-6-14(16)20(28)25-18)12(2)19(27)24-17-10-13(21)8-9-15(17)22/h4-10,12H,3,11H2,1-2H3,(H,24,27)(H,23,25,28). The molecule has 0 spiro atoms. The number of likely N-dealkylation sites (N-methyl/N-ethyl adjacent to an activating group) is 1. The number of H-pyrrole nitrogens is 1. The third-order valence-corrected chi connectivity index (χ3v) is 5.10. The number of amides is 1. The number of benzene rings is 2. The third-order valence-electron chi connectivity index (χ3n) is 4.53. The lowest BCUT2D eigenvalue weighted by Crippen LogP contribution is -2.42. The molecule has 2 aromatic carbocycles. The predicted molar refractivity (Wildman–Crippen MR) is 113 cm³/mol. The summed E-state index contributed by atoms with van der Waals surface area (Å²) in [4.78, 5) is 34.2. The molecule has 1 unspecified atom stereocenters. The van der Waals surface area contributed by atoms with Crippen molar-refractivity contribution >= 4 is 45.7 Å². The Morgan fingerprint density at radius 2 is 2.00 bits per heavy atom. The molecule has 3 rings (SSSR count). The molecule has 6 nitrogen and oxygen atoms in total. The number of fused-ring (bicyclic) bond motifs is 1. The number of anilines is 1. The predicted octanol–water partition coefficient (Wildman–Crippen LogP) is 4.08. The Hall–Kier alpha value is -2.41. The van der Waals surface area contributed by atoms with Crippen molar-refractivity contribution in [2.24, 2.45) is 0 Å². The molecule has 0 bridgehead atoms. The van der Waals surface area contributed by atoms with E-state index in [9.17, 15) is 9.59 Å². The smallest absolute Gasteiger partial charge is 0.258 e. The molecule has 0 radical (unpaired) electrons. The minimum atomic E-state index is -0.475. The van der Waals surface area contributed by atoms with Crippen LogP contribution >= 0.6 is 23.2 Å². The van der Waals surface area contributed by atoms with Crippen LogP contribution in [0.25, 0.3) is 10.9 Å². The van der Waals surface area contributed by atoms with E-state index < -0.39 is 6.04 Å². The van der Waals surface area contributed by atoms with Gasteiger partial charge in [-0.15, -0.1) is 0 Å². The van der Waals surface area contributed by atoms with Crippen LogP contribution in [0.1, 0.15) is 19.7 Å². The molecule has 8 heteroatoms. The van der Waals surface area contributed by atoms with Crippen molar-refractivity contribution in [1.29, 1.82) is 0 Å². The van der Waals surface area contributed by atoms with Gasteiger partial charge in [0.25, 0.3) is 5.56 Å². The SMILES string of the molecule is CCN(Cc1nc2ccccc2c(=O)[nH]1)C(C)C(=O)Nc1cc(Cl)ccc1Cl. The molecule has 0 aliphatic carbocycles. The number of aromatic nitrogens is 2. The molecule has 0 saturated carbocycles. The lowest BCUT2D eigenvalue weighted by atomic mass is 10.2. The maximum Gasteiger partial charge on any atom is 0.258 e. The van der Waals surface area contributed by atoms with Crippen LogP contribution in [0.2, 0.25) is 10.0 Å². The van der Waals surface area contributed by atoms with Crippen LogP contribution in [0.15, 0.2) is 47.3 Å². The van der Waals surface area contributed by atoms with E-state index in [2.05, 4.69) is 15.3 Å². The fourth-order valence-corrected chi connectivity index (χ4v) is 3.26. The summed E-state index contributed by atoms with van der Waals surface area (Å²) in [5.74, 6) is 0.278. The Bertz CT molecular complexity index is 1070. The number of carbonyl (C=O) groups is 1. The van der Waals surface area contributed by atoms with Gasteiger partial charge in [0.2, 0.25) is 5.91 Å². The van der Waals surface area contributed by atoms with Crippen molar-refractivity contribution in [3.8, 4) is 0 Å². The molecule has 1 atom stereocenters. The molecule has 1 amide bonds. The third kappa shape index (κ3) is 4.52. The average Bonchev–Trinajstić information content (AvgIpc) is 2.68. The zero-order valence-electron chi connectivity index (χ0n) is 15.5. The molecule has 28 heavy (non-hydrogen) atoms. The fraction of sp³-hybridized carbons (Fsp3) is 0.250. The second kappa shape index (κ2) is 8.73. The summed E-state index contributed by atoms with van der Waals surface area (Å²) in [6, 6.07) is 11.6. The molecular formula is C20H20Cl2N4O2.